The van der Waals surface area contributed by atoms with Crippen LogP contribution in [-0.4, -0.2) is 72.1 Å². The van der Waals surface area contributed by atoms with Gasteiger partial charge >= 0.3 is 0 Å². The molecule has 0 spiro atoms. The van der Waals surface area contributed by atoms with Crippen LogP contribution in [0.1, 0.15) is 39.3 Å². The normalized spacial score (nSPS) is 19.5. The van der Waals surface area contributed by atoms with E-state index in [2.05, 4.69) is 4.98 Å². The predicted octanol–water partition coefficient (Wildman–Crippen LogP) is 2.38. The molecular formula is C23H27N3O4. The van der Waals surface area contributed by atoms with Gasteiger partial charge in [-0.3, -0.25) is 14.6 Å². The predicted molar refractivity (Wildman–Crippen MR) is 111 cm³/mol. The molecule has 1 atom stereocenters. The van der Waals surface area contributed by atoms with Crippen LogP contribution in [0.25, 0.3) is 0 Å². The van der Waals surface area contributed by atoms with Crippen LogP contribution in [-0.2, 0) is 16.1 Å². The zero-order chi connectivity index (χ0) is 20.8. The van der Waals surface area contributed by atoms with E-state index in [0.717, 1.165) is 25.1 Å². The highest BCUT2D eigenvalue weighted by molar-refractivity contribution is 5.98. The molecular weight excluding hydrogens is 382 g/mol. The van der Waals surface area contributed by atoms with E-state index < -0.39 is 0 Å². The molecule has 0 radical (unpaired) electrons. The first-order chi connectivity index (χ1) is 14.7. The number of nitrogens with zero attached hydrogens (tertiary/aromatic N) is 3. The number of hydrogen-bond acceptors (Lipinski definition) is 5. The molecule has 2 aliphatic heterocycles. The molecule has 1 aromatic heterocycles. The van der Waals surface area contributed by atoms with Crippen molar-refractivity contribution in [3.05, 3.63) is 65.5 Å². The second-order valence-electron chi connectivity index (χ2n) is 7.63. The summed E-state index contributed by atoms with van der Waals surface area (Å²) in [7, 11) is 0. The van der Waals surface area contributed by atoms with Gasteiger partial charge in [0.15, 0.2) is 0 Å². The number of rotatable bonds is 5. The van der Waals surface area contributed by atoms with E-state index in [1.54, 1.807) is 35.4 Å². The largest absolute Gasteiger partial charge is 0.378 e. The Morgan fingerprint density at radius 1 is 0.967 bits per heavy atom. The van der Waals surface area contributed by atoms with Gasteiger partial charge in [0.25, 0.3) is 11.8 Å². The summed E-state index contributed by atoms with van der Waals surface area (Å²) in [4.78, 5) is 33.4. The van der Waals surface area contributed by atoms with E-state index in [4.69, 9.17) is 9.47 Å². The Bertz CT molecular complexity index is 851. The molecule has 1 aromatic carbocycles. The number of morpholine rings is 1. The lowest BCUT2D eigenvalue weighted by Crippen LogP contribution is -2.43. The molecule has 158 valence electrons. The highest BCUT2D eigenvalue weighted by atomic mass is 16.5. The van der Waals surface area contributed by atoms with Crippen molar-refractivity contribution in [1.29, 1.82) is 0 Å². The van der Waals surface area contributed by atoms with E-state index in [0.29, 0.717) is 50.6 Å². The lowest BCUT2D eigenvalue weighted by atomic mass is 10.1. The Morgan fingerprint density at radius 3 is 2.33 bits per heavy atom. The molecule has 2 fully saturated rings. The van der Waals surface area contributed by atoms with Crippen molar-refractivity contribution in [2.24, 2.45) is 0 Å². The maximum atomic E-state index is 12.9. The van der Waals surface area contributed by atoms with Crippen molar-refractivity contribution in [2.45, 2.75) is 25.6 Å². The minimum atomic E-state index is -0.0218. The van der Waals surface area contributed by atoms with Crippen LogP contribution >= 0.6 is 0 Å². The summed E-state index contributed by atoms with van der Waals surface area (Å²) < 4.78 is 11.3. The number of piperidine rings is 1. The quantitative estimate of drug-likeness (QED) is 0.758. The van der Waals surface area contributed by atoms with Gasteiger partial charge in [0.1, 0.15) is 0 Å². The van der Waals surface area contributed by atoms with Gasteiger partial charge in [-0.05, 0) is 49.2 Å². The average molecular weight is 409 g/mol. The van der Waals surface area contributed by atoms with Crippen molar-refractivity contribution < 1.29 is 19.1 Å². The van der Waals surface area contributed by atoms with Gasteiger partial charge in [0.2, 0.25) is 0 Å². The van der Waals surface area contributed by atoms with Gasteiger partial charge in [-0.2, -0.15) is 0 Å². The summed E-state index contributed by atoms with van der Waals surface area (Å²) in [6.07, 6.45) is 3.60. The van der Waals surface area contributed by atoms with Crippen LogP contribution in [0.2, 0.25) is 0 Å². The molecule has 2 saturated heterocycles. The SMILES string of the molecule is O=C(c1ccc(C(=O)N2CCCC(OCc3ccccn3)C2)cc1)N1CCOCC1. The van der Waals surface area contributed by atoms with Crippen molar-refractivity contribution in [3.8, 4) is 0 Å². The van der Waals surface area contributed by atoms with Crippen LogP contribution in [0.4, 0.5) is 0 Å². The number of carbonyl (C=O) groups is 2. The third kappa shape index (κ3) is 5.04. The minimum Gasteiger partial charge on any atom is -0.378 e. The van der Waals surface area contributed by atoms with Gasteiger partial charge in [-0.25, -0.2) is 0 Å². The molecule has 0 N–H and O–H groups in total. The maximum Gasteiger partial charge on any atom is 0.254 e. The highest BCUT2D eigenvalue weighted by Crippen LogP contribution is 2.18. The number of benzene rings is 1. The molecule has 0 bridgehead atoms. The fourth-order valence-corrected chi connectivity index (χ4v) is 3.83. The van der Waals surface area contributed by atoms with E-state index >= 15 is 0 Å². The van der Waals surface area contributed by atoms with E-state index in [9.17, 15) is 9.59 Å². The summed E-state index contributed by atoms with van der Waals surface area (Å²) in [6, 6.07) is 12.7. The molecule has 3 heterocycles. The van der Waals surface area contributed by atoms with Crippen molar-refractivity contribution in [1.82, 2.24) is 14.8 Å². The van der Waals surface area contributed by atoms with Crippen LogP contribution < -0.4 is 0 Å². The minimum absolute atomic E-state index is 0.00637. The second-order valence-corrected chi connectivity index (χ2v) is 7.63. The van der Waals surface area contributed by atoms with Gasteiger partial charge in [-0.15, -0.1) is 0 Å². The summed E-state index contributed by atoms with van der Waals surface area (Å²) in [5, 5.41) is 0. The Labute approximate surface area is 176 Å². The Kier molecular flexibility index (Phi) is 6.71. The van der Waals surface area contributed by atoms with Gasteiger partial charge < -0.3 is 19.3 Å². The third-order valence-corrected chi connectivity index (χ3v) is 5.54. The topological polar surface area (TPSA) is 72.0 Å². The molecule has 1 unspecified atom stereocenters. The number of hydrogen-bond donors (Lipinski definition) is 0. The average Bonchev–Trinajstić information content (AvgIpc) is 2.83. The van der Waals surface area contributed by atoms with E-state index in [1.165, 1.54) is 0 Å². The number of ether oxygens (including phenoxy) is 2. The molecule has 30 heavy (non-hydrogen) atoms. The van der Waals surface area contributed by atoms with Gasteiger partial charge in [0.05, 0.1) is 31.6 Å². The first-order valence-corrected chi connectivity index (χ1v) is 10.5. The fourth-order valence-electron chi connectivity index (χ4n) is 3.83. The van der Waals surface area contributed by atoms with Crippen molar-refractivity contribution in [2.75, 3.05) is 39.4 Å². The zero-order valence-electron chi connectivity index (χ0n) is 17.0. The van der Waals surface area contributed by atoms with E-state index in [-0.39, 0.29) is 17.9 Å². The smallest absolute Gasteiger partial charge is 0.254 e. The summed E-state index contributed by atoms with van der Waals surface area (Å²) in [5.74, 6) is -0.0373. The van der Waals surface area contributed by atoms with Crippen molar-refractivity contribution in [3.63, 3.8) is 0 Å². The lowest BCUT2D eigenvalue weighted by molar-refractivity contribution is -0.00785. The fraction of sp³-hybridized carbons (Fsp3) is 0.435. The monoisotopic (exact) mass is 409 g/mol. The molecule has 0 saturated carbocycles. The molecule has 0 aliphatic carbocycles. The molecule has 2 aliphatic rings. The summed E-state index contributed by atoms with van der Waals surface area (Å²) >= 11 is 0. The Morgan fingerprint density at radius 2 is 1.67 bits per heavy atom. The number of carbonyl (C=O) groups excluding carboxylic acids is 2. The highest BCUT2D eigenvalue weighted by Gasteiger charge is 2.25. The van der Waals surface area contributed by atoms with Crippen LogP contribution in [0.5, 0.6) is 0 Å². The van der Waals surface area contributed by atoms with Crippen molar-refractivity contribution >= 4 is 11.8 Å². The lowest BCUT2D eigenvalue weighted by Gasteiger charge is -2.32. The first-order valence-electron chi connectivity index (χ1n) is 10.5. The maximum absolute atomic E-state index is 12.9. The molecule has 7 nitrogen and oxygen atoms in total. The van der Waals surface area contributed by atoms with Gasteiger partial charge in [-0.1, -0.05) is 6.07 Å². The molecule has 7 heteroatoms. The number of likely N-dealkylation sites (tertiary alicyclic amines) is 1. The van der Waals surface area contributed by atoms with Crippen LogP contribution in [0, 0.1) is 0 Å². The molecule has 2 amide bonds. The second kappa shape index (κ2) is 9.82. The molecule has 2 aromatic rings. The first kappa shape index (κ1) is 20.5. The third-order valence-electron chi connectivity index (χ3n) is 5.54. The van der Waals surface area contributed by atoms with Crippen LogP contribution in [0.3, 0.4) is 0 Å². The van der Waals surface area contributed by atoms with Gasteiger partial charge in [0, 0.05) is 43.5 Å². The zero-order valence-corrected chi connectivity index (χ0v) is 17.0. The number of pyridine rings is 1. The standard InChI is InChI=1S/C23H27N3O4/c27-22(25-12-14-29-15-13-25)18-6-8-19(9-7-18)23(28)26-11-3-5-21(16-26)30-17-20-4-1-2-10-24-20/h1-2,4,6-10,21H,3,5,11-17H2. The number of amides is 2. The summed E-state index contributed by atoms with van der Waals surface area (Å²) in [6.45, 7) is 4.09. The summed E-state index contributed by atoms with van der Waals surface area (Å²) in [5.41, 5.74) is 2.09. The number of aromatic nitrogens is 1. The molecule has 4 rings (SSSR count). The van der Waals surface area contributed by atoms with E-state index in [1.807, 2.05) is 23.1 Å². The Balaban J connectivity index is 1.33. The van der Waals surface area contributed by atoms with Crippen LogP contribution in [0.15, 0.2) is 48.7 Å². The Hall–Kier alpha value is -2.77.